The molecule has 3 aliphatic heterocycles. The van der Waals surface area contributed by atoms with Gasteiger partial charge in [-0.1, -0.05) is 0 Å². The lowest BCUT2D eigenvalue weighted by Crippen LogP contribution is -2.60. The van der Waals surface area contributed by atoms with Crippen LogP contribution in [0.2, 0.25) is 0 Å². The average molecular weight is 746 g/mol. The summed E-state index contributed by atoms with van der Waals surface area (Å²) in [6.07, 6.45) is 2.99. The second kappa shape index (κ2) is 15.6. The lowest BCUT2D eigenvalue weighted by Gasteiger charge is -2.44. The van der Waals surface area contributed by atoms with Crippen LogP contribution in [-0.4, -0.2) is 112 Å². The third-order valence-electron chi connectivity index (χ3n) is 10.3. The molecule has 6 rings (SSSR count). The van der Waals surface area contributed by atoms with Crippen molar-refractivity contribution in [1.29, 1.82) is 5.26 Å². The predicted molar refractivity (Wildman–Crippen MR) is 198 cm³/mol. The number of fused-ring (bicyclic) bond motifs is 1. The predicted octanol–water partition coefficient (Wildman–Crippen LogP) is 3.94. The number of anilines is 1. The summed E-state index contributed by atoms with van der Waals surface area (Å²) >= 11 is 0. The van der Waals surface area contributed by atoms with Crippen LogP contribution >= 0.6 is 0 Å². The molecule has 15 heteroatoms. The minimum absolute atomic E-state index is 0.0127. The van der Waals surface area contributed by atoms with Gasteiger partial charge in [0.2, 0.25) is 5.88 Å². The zero-order valence-electron chi connectivity index (χ0n) is 30.9. The Bertz CT molecular complexity index is 1990. The second-order valence-electron chi connectivity index (χ2n) is 13.5. The van der Waals surface area contributed by atoms with Crippen LogP contribution in [0.5, 0.6) is 17.4 Å². The van der Waals surface area contributed by atoms with Crippen LogP contribution in [0.4, 0.5) is 10.5 Å². The number of carbonyl (C=O) groups is 2. The minimum Gasteiger partial charge on any atom is -0.497 e. The number of nitriles is 1. The van der Waals surface area contributed by atoms with Crippen LogP contribution in [0, 0.1) is 11.3 Å². The molecule has 2 fully saturated rings. The maximum absolute atomic E-state index is 15.3. The number of urea groups is 1. The van der Waals surface area contributed by atoms with E-state index < -0.39 is 27.5 Å². The standard InChI is InChI=1S/C38H47N7O7S/c1-6-51-33-24-29(50-5)11-13-34(33)53(48,49)45-32-12-10-27(25-39)23-31(32)38(36(45)46,30-9-8-16-40-35(30)52-7-2)41-37(47)44-17-14-28(15-18-44)43-21-19-42(20-22-43)26(3)4/h8-13,16,23-24,26,28H,6-7,14-15,17-22H2,1-5H3,(H,41,47). The van der Waals surface area contributed by atoms with Crippen molar-refractivity contribution < 1.29 is 32.2 Å². The number of ether oxygens (including phenoxy) is 3. The fourth-order valence-electron chi connectivity index (χ4n) is 7.56. The van der Waals surface area contributed by atoms with Gasteiger partial charge in [-0.3, -0.25) is 14.6 Å². The first-order chi connectivity index (χ1) is 25.5. The van der Waals surface area contributed by atoms with Gasteiger partial charge in [0.15, 0.2) is 5.54 Å². The molecule has 4 heterocycles. The third-order valence-corrected chi connectivity index (χ3v) is 12.1. The summed E-state index contributed by atoms with van der Waals surface area (Å²) in [5.41, 5.74) is -1.79. The maximum Gasteiger partial charge on any atom is 0.318 e. The first-order valence-corrected chi connectivity index (χ1v) is 19.5. The Kier molecular flexibility index (Phi) is 11.1. The highest BCUT2D eigenvalue weighted by Crippen LogP contribution is 2.50. The van der Waals surface area contributed by atoms with Gasteiger partial charge in [-0.05, 0) is 83.0 Å². The van der Waals surface area contributed by atoms with E-state index in [2.05, 4.69) is 40.0 Å². The number of rotatable bonds is 11. The number of piperazine rings is 1. The van der Waals surface area contributed by atoms with Gasteiger partial charge in [-0.2, -0.15) is 9.57 Å². The molecule has 0 saturated carbocycles. The van der Waals surface area contributed by atoms with E-state index in [0.29, 0.717) is 35.2 Å². The molecule has 0 radical (unpaired) electrons. The number of hydrogen-bond acceptors (Lipinski definition) is 11. The normalized spacial score (nSPS) is 19.9. The number of aromatic nitrogens is 1. The van der Waals surface area contributed by atoms with E-state index in [-0.39, 0.29) is 52.1 Å². The van der Waals surface area contributed by atoms with Crippen LogP contribution in [0.25, 0.3) is 0 Å². The fourth-order valence-corrected chi connectivity index (χ4v) is 9.14. The van der Waals surface area contributed by atoms with Crippen LogP contribution in [0.15, 0.2) is 59.6 Å². The highest BCUT2D eigenvalue weighted by molar-refractivity contribution is 7.93. The van der Waals surface area contributed by atoms with Gasteiger partial charge >= 0.3 is 6.03 Å². The summed E-state index contributed by atoms with van der Waals surface area (Å²) in [6, 6.07) is 14.0. The zero-order chi connectivity index (χ0) is 37.9. The monoisotopic (exact) mass is 745 g/mol. The molecule has 0 bridgehead atoms. The fraction of sp³-hybridized carbons (Fsp3) is 0.474. The molecule has 1 N–H and O–H groups in total. The van der Waals surface area contributed by atoms with E-state index in [9.17, 15) is 18.5 Å². The van der Waals surface area contributed by atoms with Crippen molar-refractivity contribution in [2.24, 2.45) is 0 Å². The van der Waals surface area contributed by atoms with Gasteiger partial charge < -0.3 is 24.4 Å². The number of piperidine rings is 1. The smallest absolute Gasteiger partial charge is 0.318 e. The van der Waals surface area contributed by atoms with Crippen LogP contribution in [0.3, 0.4) is 0 Å². The Morgan fingerprint density at radius 2 is 1.72 bits per heavy atom. The molecule has 2 aromatic carbocycles. The number of hydrogen-bond donors (Lipinski definition) is 1. The van der Waals surface area contributed by atoms with Crippen molar-refractivity contribution >= 4 is 27.6 Å². The summed E-state index contributed by atoms with van der Waals surface area (Å²) in [5, 5.41) is 13.0. The quantitative estimate of drug-likeness (QED) is 0.303. The van der Waals surface area contributed by atoms with Crippen molar-refractivity contribution in [3.8, 4) is 23.4 Å². The molecule has 1 aromatic heterocycles. The topological polar surface area (TPSA) is 158 Å². The van der Waals surface area contributed by atoms with Gasteiger partial charge in [-0.15, -0.1) is 0 Å². The summed E-state index contributed by atoms with van der Waals surface area (Å²) in [5.74, 6) is -0.601. The van der Waals surface area contributed by atoms with Crippen molar-refractivity contribution in [2.45, 2.75) is 63.1 Å². The lowest BCUT2D eigenvalue weighted by atomic mass is 9.83. The third kappa shape index (κ3) is 6.98. The van der Waals surface area contributed by atoms with Crippen LogP contribution in [-0.2, 0) is 20.4 Å². The number of likely N-dealkylation sites (tertiary alicyclic amines) is 1. The number of methoxy groups -OCH3 is 1. The Labute approximate surface area is 311 Å². The molecule has 0 aliphatic carbocycles. The summed E-state index contributed by atoms with van der Waals surface area (Å²) in [7, 11) is -3.26. The van der Waals surface area contributed by atoms with E-state index in [4.69, 9.17) is 14.2 Å². The first kappa shape index (κ1) is 37.8. The second-order valence-corrected chi connectivity index (χ2v) is 15.3. The molecule has 1 atom stereocenters. The largest absolute Gasteiger partial charge is 0.497 e. The molecular weight excluding hydrogens is 699 g/mol. The Morgan fingerprint density at radius 1 is 1.00 bits per heavy atom. The summed E-state index contributed by atoms with van der Waals surface area (Å²) in [4.78, 5) is 40.5. The van der Waals surface area contributed by atoms with Gasteiger partial charge in [-0.25, -0.2) is 18.2 Å². The average Bonchev–Trinajstić information content (AvgIpc) is 3.42. The number of pyridine rings is 1. The van der Waals surface area contributed by atoms with E-state index in [0.717, 1.165) is 39.0 Å². The molecule has 1 unspecified atom stereocenters. The molecule has 14 nitrogen and oxygen atoms in total. The number of amides is 3. The van der Waals surface area contributed by atoms with E-state index in [1.165, 1.54) is 49.7 Å². The molecule has 3 aliphatic rings. The van der Waals surface area contributed by atoms with E-state index >= 15 is 4.79 Å². The molecule has 2 saturated heterocycles. The van der Waals surface area contributed by atoms with Crippen molar-refractivity contribution in [1.82, 2.24) is 25.0 Å². The highest BCUT2D eigenvalue weighted by atomic mass is 32.2. The number of nitrogens with zero attached hydrogens (tertiary/aromatic N) is 6. The van der Waals surface area contributed by atoms with Gasteiger partial charge in [0, 0.05) is 69.2 Å². The summed E-state index contributed by atoms with van der Waals surface area (Å²) in [6.45, 7) is 13.0. The Hall–Kier alpha value is -4.91. The van der Waals surface area contributed by atoms with Crippen molar-refractivity contribution in [3.05, 3.63) is 71.4 Å². The molecule has 53 heavy (non-hydrogen) atoms. The number of carbonyl (C=O) groups excluding carboxylic acids is 2. The minimum atomic E-state index is -4.71. The van der Waals surface area contributed by atoms with Crippen molar-refractivity contribution in [2.75, 3.05) is 63.9 Å². The maximum atomic E-state index is 15.3. The van der Waals surface area contributed by atoms with Gasteiger partial charge in [0.05, 0.1) is 43.2 Å². The SMILES string of the molecule is CCOc1cc(OC)ccc1S(=O)(=O)N1C(=O)C(NC(=O)N2CCC(N3CCN(C(C)C)CC3)CC2)(c2cccnc2OCC)c2cc(C#N)ccc21. The van der Waals surface area contributed by atoms with Gasteiger partial charge in [0.1, 0.15) is 16.4 Å². The highest BCUT2D eigenvalue weighted by Gasteiger charge is 2.59. The van der Waals surface area contributed by atoms with Crippen LogP contribution < -0.4 is 23.8 Å². The number of benzene rings is 2. The first-order valence-electron chi connectivity index (χ1n) is 18.1. The zero-order valence-corrected chi connectivity index (χ0v) is 31.7. The van der Waals surface area contributed by atoms with Crippen LogP contribution in [0.1, 0.15) is 57.2 Å². The molecule has 282 valence electrons. The summed E-state index contributed by atoms with van der Waals surface area (Å²) < 4.78 is 47.2. The molecule has 0 spiro atoms. The van der Waals surface area contributed by atoms with E-state index in [1.807, 2.05) is 0 Å². The molecule has 3 aromatic rings. The Balaban J connectivity index is 1.41. The van der Waals surface area contributed by atoms with Gasteiger partial charge in [0.25, 0.3) is 15.9 Å². The molecule has 3 amide bonds. The Morgan fingerprint density at radius 3 is 2.36 bits per heavy atom. The van der Waals surface area contributed by atoms with E-state index in [1.54, 1.807) is 30.9 Å². The van der Waals surface area contributed by atoms with Crippen molar-refractivity contribution in [3.63, 3.8) is 0 Å². The number of sulfonamides is 1. The lowest BCUT2D eigenvalue weighted by molar-refractivity contribution is -0.121. The number of nitrogens with one attached hydrogen (secondary N) is 1. The molecular formula is C38H47N7O7S.